The molecule has 0 heterocycles. The Morgan fingerprint density at radius 2 is 1.76 bits per heavy atom. The molecule has 0 aliphatic carbocycles. The summed E-state index contributed by atoms with van der Waals surface area (Å²) in [5.74, 6) is 0.635. The highest BCUT2D eigenvalue weighted by molar-refractivity contribution is 14.0. The second kappa shape index (κ2) is 9.97. The topological polar surface area (TPSA) is 36.4 Å². The maximum atomic E-state index is 13.0. The first kappa shape index (κ1) is 20.1. The van der Waals surface area contributed by atoms with Crippen molar-refractivity contribution >= 4 is 29.9 Å². The van der Waals surface area contributed by atoms with Crippen LogP contribution in [0.4, 0.5) is 4.39 Å². The maximum Gasteiger partial charge on any atom is 0.191 e. The van der Waals surface area contributed by atoms with Crippen LogP contribution in [-0.4, -0.2) is 25.6 Å². The standard InChI is InChI=1S/C16H26FN3.HI/c1-5-11-19-15(18-6-2)20-12-16(3,4)13-7-9-14(17)10-8-13;/h7-10H,5-6,11-12H2,1-4H3,(H2,18,19,20);1H. The van der Waals surface area contributed by atoms with Crippen LogP contribution in [0.1, 0.15) is 39.7 Å². The van der Waals surface area contributed by atoms with Crippen LogP contribution in [0.15, 0.2) is 29.3 Å². The predicted molar refractivity (Wildman–Crippen MR) is 99.1 cm³/mol. The number of halogens is 2. The largest absolute Gasteiger partial charge is 0.357 e. The van der Waals surface area contributed by atoms with Gasteiger partial charge in [-0.3, -0.25) is 4.99 Å². The second-order valence-electron chi connectivity index (χ2n) is 5.51. The highest BCUT2D eigenvalue weighted by Gasteiger charge is 2.20. The van der Waals surface area contributed by atoms with E-state index in [4.69, 9.17) is 0 Å². The van der Waals surface area contributed by atoms with Crippen molar-refractivity contribution in [2.45, 2.75) is 39.5 Å². The fourth-order valence-corrected chi connectivity index (χ4v) is 1.85. The van der Waals surface area contributed by atoms with Gasteiger partial charge in [-0.1, -0.05) is 32.9 Å². The van der Waals surface area contributed by atoms with E-state index in [9.17, 15) is 4.39 Å². The minimum atomic E-state index is -0.203. The Kier molecular flexibility index (Phi) is 9.57. The van der Waals surface area contributed by atoms with E-state index in [2.05, 4.69) is 36.4 Å². The zero-order chi connectivity index (χ0) is 15.0. The Morgan fingerprint density at radius 1 is 1.14 bits per heavy atom. The lowest BCUT2D eigenvalue weighted by atomic mass is 9.85. The number of rotatable bonds is 6. The van der Waals surface area contributed by atoms with Crippen LogP contribution >= 0.6 is 24.0 Å². The molecule has 1 aromatic rings. The summed E-state index contributed by atoms with van der Waals surface area (Å²) in [6.07, 6.45) is 1.06. The molecule has 0 bridgehead atoms. The molecule has 3 nitrogen and oxygen atoms in total. The van der Waals surface area contributed by atoms with E-state index in [1.165, 1.54) is 12.1 Å². The molecule has 1 rings (SSSR count). The van der Waals surface area contributed by atoms with Crippen LogP contribution in [-0.2, 0) is 5.41 Å². The number of hydrogen-bond acceptors (Lipinski definition) is 1. The highest BCUT2D eigenvalue weighted by Crippen LogP contribution is 2.23. The normalized spacial score (nSPS) is 11.8. The minimum absolute atomic E-state index is 0. The molecule has 0 fully saturated rings. The maximum absolute atomic E-state index is 13.0. The van der Waals surface area contributed by atoms with Crippen molar-refractivity contribution in [1.29, 1.82) is 0 Å². The SMILES string of the molecule is CCCNC(=NCC(C)(C)c1ccc(F)cc1)NCC.I. The minimum Gasteiger partial charge on any atom is -0.357 e. The van der Waals surface area contributed by atoms with Gasteiger partial charge < -0.3 is 10.6 Å². The number of nitrogens with zero attached hydrogens (tertiary/aromatic N) is 1. The fourth-order valence-electron chi connectivity index (χ4n) is 1.85. The van der Waals surface area contributed by atoms with E-state index in [0.717, 1.165) is 31.0 Å². The van der Waals surface area contributed by atoms with E-state index in [-0.39, 0.29) is 35.2 Å². The quantitative estimate of drug-likeness (QED) is 0.429. The summed E-state index contributed by atoms with van der Waals surface area (Å²) >= 11 is 0. The molecule has 0 unspecified atom stereocenters. The number of benzene rings is 1. The predicted octanol–water partition coefficient (Wildman–Crippen LogP) is 3.69. The van der Waals surface area contributed by atoms with Gasteiger partial charge in [0.1, 0.15) is 5.82 Å². The van der Waals surface area contributed by atoms with Crippen molar-refractivity contribution < 1.29 is 4.39 Å². The Hall–Kier alpha value is -0.850. The lowest BCUT2D eigenvalue weighted by Gasteiger charge is -2.24. The molecule has 0 radical (unpaired) electrons. The molecule has 2 N–H and O–H groups in total. The molecular formula is C16H27FIN3. The molecule has 0 saturated heterocycles. The molecule has 0 spiro atoms. The molecule has 0 amide bonds. The van der Waals surface area contributed by atoms with Crippen molar-refractivity contribution in [2.75, 3.05) is 19.6 Å². The third-order valence-electron chi connectivity index (χ3n) is 3.14. The summed E-state index contributed by atoms with van der Waals surface area (Å²) < 4.78 is 13.0. The van der Waals surface area contributed by atoms with E-state index in [1.807, 2.05) is 19.1 Å². The number of aliphatic imine (C=N–C) groups is 1. The van der Waals surface area contributed by atoms with Crippen LogP contribution in [0.3, 0.4) is 0 Å². The van der Waals surface area contributed by atoms with E-state index < -0.39 is 0 Å². The lowest BCUT2D eigenvalue weighted by Crippen LogP contribution is -2.38. The first-order valence-corrected chi connectivity index (χ1v) is 7.28. The molecule has 21 heavy (non-hydrogen) atoms. The van der Waals surface area contributed by atoms with Gasteiger partial charge in [0, 0.05) is 18.5 Å². The van der Waals surface area contributed by atoms with Gasteiger partial charge in [0.25, 0.3) is 0 Å². The van der Waals surface area contributed by atoms with E-state index in [0.29, 0.717) is 6.54 Å². The van der Waals surface area contributed by atoms with Gasteiger partial charge in [0.2, 0.25) is 0 Å². The van der Waals surface area contributed by atoms with Gasteiger partial charge in [0.15, 0.2) is 5.96 Å². The molecule has 0 aliphatic heterocycles. The monoisotopic (exact) mass is 407 g/mol. The number of nitrogens with one attached hydrogen (secondary N) is 2. The molecule has 0 aromatic heterocycles. The summed E-state index contributed by atoms with van der Waals surface area (Å²) in [4.78, 5) is 4.62. The average molecular weight is 407 g/mol. The zero-order valence-electron chi connectivity index (χ0n) is 13.4. The van der Waals surface area contributed by atoms with Gasteiger partial charge in [-0.2, -0.15) is 0 Å². The third-order valence-corrected chi connectivity index (χ3v) is 3.14. The summed E-state index contributed by atoms with van der Waals surface area (Å²) in [5, 5.41) is 6.51. The van der Waals surface area contributed by atoms with Gasteiger partial charge in [-0.15, -0.1) is 24.0 Å². The van der Waals surface area contributed by atoms with Crippen LogP contribution < -0.4 is 10.6 Å². The van der Waals surface area contributed by atoms with Gasteiger partial charge in [-0.05, 0) is 31.0 Å². The first-order chi connectivity index (χ1) is 9.49. The molecule has 1 aromatic carbocycles. The van der Waals surface area contributed by atoms with Crippen molar-refractivity contribution in [1.82, 2.24) is 10.6 Å². The summed E-state index contributed by atoms with van der Waals surface area (Å²) in [6.45, 7) is 10.8. The number of hydrogen-bond donors (Lipinski definition) is 2. The van der Waals surface area contributed by atoms with Crippen molar-refractivity contribution in [3.05, 3.63) is 35.6 Å². The summed E-state index contributed by atoms with van der Waals surface area (Å²) in [7, 11) is 0. The van der Waals surface area contributed by atoms with E-state index >= 15 is 0 Å². The fraction of sp³-hybridized carbons (Fsp3) is 0.562. The zero-order valence-corrected chi connectivity index (χ0v) is 15.7. The Balaban J connectivity index is 0.00000400. The molecule has 0 aliphatic rings. The average Bonchev–Trinajstić information content (AvgIpc) is 2.42. The van der Waals surface area contributed by atoms with E-state index in [1.54, 1.807) is 0 Å². The second-order valence-corrected chi connectivity index (χ2v) is 5.51. The summed E-state index contributed by atoms with van der Waals surface area (Å²) in [5.41, 5.74) is 0.969. The molecule has 0 atom stereocenters. The molecule has 120 valence electrons. The van der Waals surface area contributed by atoms with Gasteiger partial charge >= 0.3 is 0 Å². The van der Waals surface area contributed by atoms with Crippen molar-refractivity contribution in [2.24, 2.45) is 4.99 Å². The van der Waals surface area contributed by atoms with Crippen molar-refractivity contribution in [3.8, 4) is 0 Å². The molecule has 5 heteroatoms. The smallest absolute Gasteiger partial charge is 0.191 e. The van der Waals surface area contributed by atoms with Gasteiger partial charge in [0.05, 0.1) is 6.54 Å². The first-order valence-electron chi connectivity index (χ1n) is 7.28. The van der Waals surface area contributed by atoms with Crippen molar-refractivity contribution in [3.63, 3.8) is 0 Å². The molecule has 0 saturated carbocycles. The Labute approximate surface area is 144 Å². The lowest BCUT2D eigenvalue weighted by molar-refractivity contribution is 0.534. The highest BCUT2D eigenvalue weighted by atomic mass is 127. The summed E-state index contributed by atoms with van der Waals surface area (Å²) in [6, 6.07) is 6.66. The molecular weight excluding hydrogens is 380 g/mol. The third kappa shape index (κ3) is 7.11. The Bertz CT molecular complexity index is 430. The van der Waals surface area contributed by atoms with Crippen LogP contribution in [0.2, 0.25) is 0 Å². The van der Waals surface area contributed by atoms with Crippen LogP contribution in [0, 0.1) is 5.82 Å². The van der Waals surface area contributed by atoms with Crippen LogP contribution in [0.25, 0.3) is 0 Å². The number of guanidine groups is 1. The van der Waals surface area contributed by atoms with Gasteiger partial charge in [-0.25, -0.2) is 4.39 Å². The Morgan fingerprint density at radius 3 is 2.29 bits per heavy atom. The van der Waals surface area contributed by atoms with Crippen LogP contribution in [0.5, 0.6) is 0 Å².